The maximum Gasteiger partial charge on any atom is 0.0928 e. The van der Waals surface area contributed by atoms with E-state index in [0.717, 1.165) is 29.9 Å². The molecule has 2 aromatic rings. The third-order valence-electron chi connectivity index (χ3n) is 3.38. The molecule has 0 saturated heterocycles. The molecule has 0 aliphatic rings. The van der Waals surface area contributed by atoms with Crippen LogP contribution in [-0.4, -0.2) is 21.2 Å². The normalized spacial score (nSPS) is 14.4. The molecule has 2 N–H and O–H groups in total. The van der Waals surface area contributed by atoms with Crippen molar-refractivity contribution in [2.24, 2.45) is 0 Å². The van der Waals surface area contributed by atoms with E-state index in [1.165, 1.54) is 9.88 Å². The Hall–Kier alpha value is -1.20. The fourth-order valence-corrected chi connectivity index (χ4v) is 3.49. The highest BCUT2D eigenvalue weighted by Gasteiger charge is 2.16. The number of hydrogen-bond acceptors (Lipinski definition) is 4. The van der Waals surface area contributed by atoms with Crippen molar-refractivity contribution in [1.29, 1.82) is 0 Å². The number of rotatable bonds is 6. The Morgan fingerprint density at radius 3 is 2.65 bits per heavy atom. The molecule has 5 heteroatoms. The molecule has 0 bridgehead atoms. The van der Waals surface area contributed by atoms with Crippen LogP contribution in [0.5, 0.6) is 0 Å². The van der Waals surface area contributed by atoms with Crippen LogP contribution < -0.4 is 5.32 Å². The van der Waals surface area contributed by atoms with E-state index in [-0.39, 0.29) is 0 Å². The second kappa shape index (κ2) is 6.50. The van der Waals surface area contributed by atoms with Crippen molar-refractivity contribution in [1.82, 2.24) is 20.5 Å². The maximum absolute atomic E-state index is 4.61. The fraction of sp³-hybridized carbons (Fsp3) is 0.600. The number of nitrogens with zero attached hydrogens (tertiary/aromatic N) is 2. The zero-order valence-corrected chi connectivity index (χ0v) is 13.8. The highest BCUT2D eigenvalue weighted by Crippen LogP contribution is 2.25. The number of aromatic amines is 1. The van der Waals surface area contributed by atoms with Crippen LogP contribution in [0.15, 0.2) is 6.07 Å². The second-order valence-corrected chi connectivity index (χ2v) is 6.56. The van der Waals surface area contributed by atoms with Gasteiger partial charge in [-0.25, -0.2) is 4.98 Å². The lowest BCUT2D eigenvalue weighted by Crippen LogP contribution is -2.30. The molecule has 0 aliphatic heterocycles. The van der Waals surface area contributed by atoms with E-state index in [9.17, 15) is 0 Å². The van der Waals surface area contributed by atoms with Crippen molar-refractivity contribution < 1.29 is 0 Å². The van der Waals surface area contributed by atoms with Gasteiger partial charge in [0, 0.05) is 29.1 Å². The minimum Gasteiger partial charge on any atom is -0.306 e. The van der Waals surface area contributed by atoms with Crippen molar-refractivity contribution in [2.75, 3.05) is 0 Å². The first-order valence-corrected chi connectivity index (χ1v) is 8.04. The molecule has 2 aromatic heterocycles. The highest BCUT2D eigenvalue weighted by atomic mass is 32.1. The van der Waals surface area contributed by atoms with Crippen LogP contribution in [0.1, 0.15) is 53.8 Å². The summed E-state index contributed by atoms with van der Waals surface area (Å²) in [5.74, 6) is 0. The summed E-state index contributed by atoms with van der Waals surface area (Å²) >= 11 is 1.82. The summed E-state index contributed by atoms with van der Waals surface area (Å²) in [6, 6.07) is 2.83. The van der Waals surface area contributed by atoms with Gasteiger partial charge >= 0.3 is 0 Å². The fourth-order valence-electron chi connectivity index (χ4n) is 2.47. The minimum absolute atomic E-state index is 0.336. The summed E-state index contributed by atoms with van der Waals surface area (Å²) in [7, 11) is 0. The standard InChI is InChI=1S/C15H24N4S/c1-6-14-17-12(5)15(20-14)11(4)16-9(2)7-13-8-10(3)18-19-13/h8-9,11,16H,6-7H2,1-5H3,(H,18,19)/t9-,11+/m0/s1. The van der Waals surface area contributed by atoms with Gasteiger partial charge in [0.05, 0.1) is 16.4 Å². The molecule has 2 rings (SSSR count). The minimum atomic E-state index is 0.336. The van der Waals surface area contributed by atoms with Crippen LogP contribution in [0.2, 0.25) is 0 Å². The molecule has 0 aromatic carbocycles. The number of nitrogens with one attached hydrogen (secondary N) is 2. The van der Waals surface area contributed by atoms with Crippen molar-refractivity contribution in [3.8, 4) is 0 Å². The predicted octanol–water partition coefficient (Wildman–Crippen LogP) is 3.33. The summed E-state index contributed by atoms with van der Waals surface area (Å²) < 4.78 is 0. The Kier molecular flexibility index (Phi) is 4.94. The summed E-state index contributed by atoms with van der Waals surface area (Å²) in [5.41, 5.74) is 3.39. The zero-order chi connectivity index (χ0) is 14.7. The van der Waals surface area contributed by atoms with Crippen molar-refractivity contribution >= 4 is 11.3 Å². The molecule has 2 heterocycles. The molecular formula is C15H24N4S. The van der Waals surface area contributed by atoms with Crippen molar-refractivity contribution in [3.05, 3.63) is 33.0 Å². The van der Waals surface area contributed by atoms with Crippen LogP contribution in [0.4, 0.5) is 0 Å². The van der Waals surface area contributed by atoms with Gasteiger partial charge in [0.15, 0.2) is 0 Å². The second-order valence-electron chi connectivity index (χ2n) is 5.45. The molecular weight excluding hydrogens is 268 g/mol. The van der Waals surface area contributed by atoms with Gasteiger partial charge in [0.2, 0.25) is 0 Å². The van der Waals surface area contributed by atoms with Crippen LogP contribution in [0, 0.1) is 13.8 Å². The number of H-pyrrole nitrogens is 1. The summed E-state index contributed by atoms with van der Waals surface area (Å²) in [6.45, 7) is 10.7. The molecule has 2 atom stereocenters. The van der Waals surface area contributed by atoms with Gasteiger partial charge in [-0.1, -0.05) is 6.92 Å². The van der Waals surface area contributed by atoms with E-state index in [1.807, 2.05) is 18.3 Å². The smallest absolute Gasteiger partial charge is 0.0928 e. The summed E-state index contributed by atoms with van der Waals surface area (Å²) in [4.78, 5) is 5.96. The Balaban J connectivity index is 1.96. The Morgan fingerprint density at radius 2 is 2.10 bits per heavy atom. The Bertz CT molecular complexity index is 558. The van der Waals surface area contributed by atoms with Crippen LogP contribution in [0.25, 0.3) is 0 Å². The van der Waals surface area contributed by atoms with E-state index in [2.05, 4.69) is 54.3 Å². The van der Waals surface area contributed by atoms with Gasteiger partial charge in [-0.05, 0) is 40.2 Å². The van der Waals surface area contributed by atoms with Gasteiger partial charge in [-0.3, -0.25) is 5.10 Å². The first-order chi connectivity index (χ1) is 9.49. The first-order valence-electron chi connectivity index (χ1n) is 7.22. The molecule has 0 amide bonds. The summed E-state index contributed by atoms with van der Waals surface area (Å²) in [6.07, 6.45) is 1.95. The van der Waals surface area contributed by atoms with E-state index < -0.39 is 0 Å². The lowest BCUT2D eigenvalue weighted by Gasteiger charge is -2.18. The number of aromatic nitrogens is 3. The Labute approximate surface area is 125 Å². The molecule has 0 fully saturated rings. The van der Waals surface area contributed by atoms with Gasteiger partial charge in [0.25, 0.3) is 0 Å². The molecule has 20 heavy (non-hydrogen) atoms. The maximum atomic E-state index is 4.61. The average Bonchev–Trinajstić information content (AvgIpc) is 2.95. The highest BCUT2D eigenvalue weighted by molar-refractivity contribution is 7.11. The van der Waals surface area contributed by atoms with Crippen molar-refractivity contribution in [2.45, 2.75) is 59.5 Å². The number of hydrogen-bond donors (Lipinski definition) is 2. The SMILES string of the molecule is CCc1nc(C)c([C@@H](C)N[C@@H](C)Cc2cc(C)[nH]n2)s1. The lowest BCUT2D eigenvalue weighted by atomic mass is 10.1. The molecule has 0 aliphatic carbocycles. The average molecular weight is 292 g/mol. The molecule has 0 saturated carbocycles. The molecule has 0 radical (unpaired) electrons. The lowest BCUT2D eigenvalue weighted by molar-refractivity contribution is 0.477. The zero-order valence-electron chi connectivity index (χ0n) is 12.9. The topological polar surface area (TPSA) is 53.6 Å². The number of thiazole rings is 1. The van der Waals surface area contributed by atoms with E-state index in [4.69, 9.17) is 0 Å². The van der Waals surface area contributed by atoms with Gasteiger partial charge < -0.3 is 5.32 Å². The Morgan fingerprint density at radius 1 is 1.35 bits per heavy atom. The first kappa shape index (κ1) is 15.2. The van der Waals surface area contributed by atoms with Gasteiger partial charge in [0.1, 0.15) is 0 Å². The van der Waals surface area contributed by atoms with Crippen LogP contribution >= 0.6 is 11.3 Å². The monoisotopic (exact) mass is 292 g/mol. The summed E-state index contributed by atoms with van der Waals surface area (Å²) in [5, 5.41) is 12.2. The molecule has 4 nitrogen and oxygen atoms in total. The van der Waals surface area contributed by atoms with Gasteiger partial charge in [-0.2, -0.15) is 5.10 Å². The quantitative estimate of drug-likeness (QED) is 0.858. The molecule has 0 unspecified atom stereocenters. The van der Waals surface area contributed by atoms with E-state index in [0.29, 0.717) is 12.1 Å². The third kappa shape index (κ3) is 3.67. The van der Waals surface area contributed by atoms with Crippen molar-refractivity contribution in [3.63, 3.8) is 0 Å². The predicted molar refractivity (Wildman–Crippen MR) is 84.3 cm³/mol. The van der Waals surface area contributed by atoms with Crippen LogP contribution in [0.3, 0.4) is 0 Å². The molecule has 110 valence electrons. The largest absolute Gasteiger partial charge is 0.306 e. The van der Waals surface area contributed by atoms with Gasteiger partial charge in [-0.15, -0.1) is 11.3 Å². The molecule has 0 spiro atoms. The number of aryl methyl sites for hydroxylation is 3. The van der Waals surface area contributed by atoms with E-state index in [1.54, 1.807) is 0 Å². The van der Waals surface area contributed by atoms with Crippen LogP contribution in [-0.2, 0) is 12.8 Å². The third-order valence-corrected chi connectivity index (χ3v) is 4.87. The van der Waals surface area contributed by atoms with E-state index >= 15 is 0 Å².